The summed E-state index contributed by atoms with van der Waals surface area (Å²) >= 11 is 0. The Morgan fingerprint density at radius 2 is 1.95 bits per heavy atom. The molecule has 0 radical (unpaired) electrons. The summed E-state index contributed by atoms with van der Waals surface area (Å²) < 4.78 is 25.3. The lowest BCUT2D eigenvalue weighted by Gasteiger charge is -2.28. The maximum Gasteiger partial charge on any atom is 0.410 e. The van der Waals surface area contributed by atoms with Crippen molar-refractivity contribution in [1.82, 2.24) is 14.8 Å². The van der Waals surface area contributed by atoms with Gasteiger partial charge in [-0.05, 0) is 29.7 Å². The molecule has 1 saturated heterocycles. The molecular formula is C26H27FN4O6. The van der Waals surface area contributed by atoms with Crippen LogP contribution in [0.25, 0.3) is 11.1 Å². The van der Waals surface area contributed by atoms with Gasteiger partial charge in [-0.25, -0.2) is 14.0 Å². The number of rotatable bonds is 6. The first-order valence-electron chi connectivity index (χ1n) is 12.1. The number of aliphatic carboxylic acids is 1. The number of oxazole rings is 1. The van der Waals surface area contributed by atoms with Crippen LogP contribution in [0.1, 0.15) is 31.4 Å². The van der Waals surface area contributed by atoms with Crippen molar-refractivity contribution in [3.05, 3.63) is 59.4 Å². The molecule has 2 aromatic carbocycles. The van der Waals surface area contributed by atoms with Crippen molar-refractivity contribution in [3.63, 3.8) is 0 Å². The lowest BCUT2D eigenvalue weighted by molar-refractivity contribution is -0.148. The largest absolute Gasteiger partial charge is 0.480 e. The highest BCUT2D eigenvalue weighted by molar-refractivity contribution is 5.90. The maximum absolute atomic E-state index is 14.1. The van der Waals surface area contributed by atoms with Crippen molar-refractivity contribution in [2.75, 3.05) is 11.9 Å². The molecule has 0 bridgehead atoms. The molecule has 2 aliphatic heterocycles. The van der Waals surface area contributed by atoms with Gasteiger partial charge in [0.15, 0.2) is 5.58 Å². The number of benzene rings is 2. The van der Waals surface area contributed by atoms with Crippen LogP contribution in [0.3, 0.4) is 0 Å². The van der Waals surface area contributed by atoms with E-state index >= 15 is 0 Å². The first-order chi connectivity index (χ1) is 17.7. The molecule has 1 aromatic heterocycles. The summed E-state index contributed by atoms with van der Waals surface area (Å²) in [6, 6.07) is 10.0. The van der Waals surface area contributed by atoms with Gasteiger partial charge >= 0.3 is 12.1 Å². The normalized spacial score (nSPS) is 19.8. The van der Waals surface area contributed by atoms with Crippen molar-refractivity contribution in [2.45, 2.75) is 51.5 Å². The molecule has 2 N–H and O–H groups in total. The number of amides is 2. The molecule has 3 atom stereocenters. The predicted octanol–water partition coefficient (Wildman–Crippen LogP) is 3.61. The molecule has 1 fully saturated rings. The molecule has 10 nitrogen and oxygen atoms in total. The summed E-state index contributed by atoms with van der Waals surface area (Å²) in [5.41, 5.74) is 2.32. The summed E-state index contributed by atoms with van der Waals surface area (Å²) in [6.07, 6.45) is -1.54. The quantitative estimate of drug-likeness (QED) is 0.515. The average molecular weight is 511 g/mol. The Labute approximate surface area is 212 Å². The molecule has 11 heteroatoms. The number of anilines is 1. The number of nitrogens with one attached hydrogen (secondary N) is 1. The number of ether oxygens (including phenoxy) is 1. The zero-order valence-electron chi connectivity index (χ0n) is 20.4. The van der Waals surface area contributed by atoms with E-state index in [1.54, 1.807) is 24.3 Å². The number of hydrogen-bond donors (Lipinski definition) is 2. The number of carboxylic acids is 1. The maximum atomic E-state index is 14.1. The van der Waals surface area contributed by atoms with Crippen LogP contribution in [0.2, 0.25) is 0 Å². The second kappa shape index (κ2) is 9.72. The fourth-order valence-corrected chi connectivity index (χ4v) is 4.85. The third-order valence-corrected chi connectivity index (χ3v) is 6.79. The van der Waals surface area contributed by atoms with Gasteiger partial charge in [-0.3, -0.25) is 9.69 Å². The van der Waals surface area contributed by atoms with E-state index in [9.17, 15) is 23.9 Å². The van der Waals surface area contributed by atoms with Crippen molar-refractivity contribution in [3.8, 4) is 0 Å². The molecule has 0 aliphatic carbocycles. The highest BCUT2D eigenvalue weighted by atomic mass is 19.1. The van der Waals surface area contributed by atoms with Crippen LogP contribution in [-0.2, 0) is 27.4 Å². The monoisotopic (exact) mass is 510 g/mol. The smallest absolute Gasteiger partial charge is 0.410 e. The molecule has 2 amide bonds. The number of para-hydroxylation sites is 2. The van der Waals surface area contributed by atoms with Crippen LogP contribution >= 0.6 is 0 Å². The Kier molecular flexibility index (Phi) is 6.45. The molecule has 37 heavy (non-hydrogen) atoms. The topological polar surface area (TPSA) is 125 Å². The number of halogens is 1. The van der Waals surface area contributed by atoms with E-state index in [2.05, 4.69) is 10.3 Å². The van der Waals surface area contributed by atoms with E-state index in [0.717, 1.165) is 0 Å². The van der Waals surface area contributed by atoms with Gasteiger partial charge in [0.25, 0.3) is 6.01 Å². The minimum atomic E-state index is -1.19. The Morgan fingerprint density at radius 1 is 1.16 bits per heavy atom. The first-order valence-corrected chi connectivity index (χ1v) is 12.1. The number of hydrogen-bond acceptors (Lipinski definition) is 7. The van der Waals surface area contributed by atoms with Crippen LogP contribution in [0.5, 0.6) is 0 Å². The zero-order chi connectivity index (χ0) is 26.3. The number of carbonyl (C=O) groups is 3. The molecule has 194 valence electrons. The van der Waals surface area contributed by atoms with Gasteiger partial charge in [0.05, 0.1) is 13.1 Å². The first kappa shape index (κ1) is 24.5. The van der Waals surface area contributed by atoms with Gasteiger partial charge in [0, 0.05) is 18.5 Å². The summed E-state index contributed by atoms with van der Waals surface area (Å²) in [4.78, 5) is 45.3. The molecule has 0 saturated carbocycles. The average Bonchev–Trinajstić information content (AvgIpc) is 3.58. The van der Waals surface area contributed by atoms with Gasteiger partial charge in [-0.15, -0.1) is 0 Å². The Hall–Kier alpha value is -4.15. The Balaban J connectivity index is 1.28. The van der Waals surface area contributed by atoms with Crippen molar-refractivity contribution >= 4 is 35.1 Å². The third kappa shape index (κ3) is 4.81. The predicted molar refractivity (Wildman–Crippen MR) is 130 cm³/mol. The Bertz CT molecular complexity index is 1320. The number of carboxylic acid groups (broad SMARTS) is 1. The molecule has 0 unspecified atom stereocenters. The lowest BCUT2D eigenvalue weighted by Crippen LogP contribution is -2.50. The summed E-state index contributed by atoms with van der Waals surface area (Å²) in [5, 5.41) is 12.8. The summed E-state index contributed by atoms with van der Waals surface area (Å²) in [6.45, 7) is 3.85. The molecule has 5 rings (SSSR count). The van der Waals surface area contributed by atoms with Crippen molar-refractivity contribution in [1.29, 1.82) is 0 Å². The Morgan fingerprint density at radius 3 is 2.65 bits per heavy atom. The van der Waals surface area contributed by atoms with Crippen LogP contribution in [0.15, 0.2) is 46.9 Å². The molecule has 3 aromatic rings. The van der Waals surface area contributed by atoms with Gasteiger partial charge in [0.1, 0.15) is 29.5 Å². The number of carbonyl (C=O) groups excluding carboxylic acids is 2. The highest BCUT2D eigenvalue weighted by Gasteiger charge is 2.44. The van der Waals surface area contributed by atoms with Crippen LogP contribution in [0.4, 0.5) is 15.2 Å². The van der Waals surface area contributed by atoms with Gasteiger partial charge in [0.2, 0.25) is 5.91 Å². The van der Waals surface area contributed by atoms with Gasteiger partial charge in [-0.2, -0.15) is 4.98 Å². The van der Waals surface area contributed by atoms with E-state index in [0.29, 0.717) is 22.2 Å². The van der Waals surface area contributed by atoms with Crippen LogP contribution in [-0.4, -0.2) is 62.6 Å². The van der Waals surface area contributed by atoms with Crippen LogP contribution in [0, 0.1) is 11.7 Å². The van der Waals surface area contributed by atoms with Crippen molar-refractivity contribution < 1.29 is 33.0 Å². The molecule has 0 spiro atoms. The van der Waals surface area contributed by atoms with E-state index < -0.39 is 36.2 Å². The fraction of sp³-hybridized carbons (Fsp3) is 0.385. The molecule has 3 heterocycles. The zero-order valence-corrected chi connectivity index (χ0v) is 20.4. The minimum Gasteiger partial charge on any atom is -0.480 e. The lowest BCUT2D eigenvalue weighted by atomic mass is 10.0. The number of fused-ring (bicyclic) bond motifs is 2. The minimum absolute atomic E-state index is 0.0460. The SMILES string of the molecule is CC(C)[C@H](Nc1nc2ccccc2o1)C(=O)N1C[C@H](OC(=O)N2Cc3cccc(F)c3C2)C[C@H]1C(=O)O. The summed E-state index contributed by atoms with van der Waals surface area (Å²) in [5.74, 6) is -2.26. The van der Waals surface area contributed by atoms with E-state index in [1.165, 1.54) is 15.9 Å². The van der Waals surface area contributed by atoms with Crippen molar-refractivity contribution in [2.24, 2.45) is 5.92 Å². The third-order valence-electron chi connectivity index (χ3n) is 6.79. The van der Waals surface area contributed by atoms with Gasteiger partial charge in [-0.1, -0.05) is 38.1 Å². The van der Waals surface area contributed by atoms with E-state index in [1.807, 2.05) is 26.0 Å². The highest BCUT2D eigenvalue weighted by Crippen LogP contribution is 2.29. The molecular weight excluding hydrogens is 483 g/mol. The number of nitrogens with zero attached hydrogens (tertiary/aromatic N) is 3. The fourth-order valence-electron chi connectivity index (χ4n) is 4.85. The van der Waals surface area contributed by atoms with E-state index in [-0.39, 0.29) is 43.8 Å². The standard InChI is InChI=1S/C26H27FN4O6/c1-14(2)22(29-25-28-19-8-3-4-9-21(19)37-25)23(32)31-12-16(10-20(31)24(33)34)36-26(35)30-11-15-6-5-7-18(27)17(15)13-30/h3-9,14,16,20,22H,10-13H2,1-2H3,(H,28,29)(H,33,34)/t16-,20+,22+/m1/s1. The molecule has 2 aliphatic rings. The van der Waals surface area contributed by atoms with Crippen LogP contribution < -0.4 is 5.32 Å². The second-order valence-corrected chi connectivity index (χ2v) is 9.67. The number of aromatic nitrogens is 1. The number of likely N-dealkylation sites (tertiary alicyclic amines) is 1. The van der Waals surface area contributed by atoms with Gasteiger partial charge < -0.3 is 24.5 Å². The second-order valence-electron chi connectivity index (χ2n) is 9.67. The summed E-state index contributed by atoms with van der Waals surface area (Å²) in [7, 11) is 0. The van der Waals surface area contributed by atoms with E-state index in [4.69, 9.17) is 9.15 Å².